The number of rotatable bonds is 5. The van der Waals surface area contributed by atoms with Crippen molar-refractivity contribution in [2.45, 2.75) is 18.6 Å². The van der Waals surface area contributed by atoms with Crippen molar-refractivity contribution < 1.29 is 24.2 Å². The van der Waals surface area contributed by atoms with Crippen LogP contribution in [0.25, 0.3) is 0 Å². The molecule has 0 unspecified atom stereocenters. The number of carboxylic acid groups (broad SMARTS) is 1. The third kappa shape index (κ3) is 4.28. The van der Waals surface area contributed by atoms with E-state index in [4.69, 9.17) is 19.8 Å². The molecule has 1 aromatic rings. The first-order valence-electron chi connectivity index (χ1n) is 6.82. The highest BCUT2D eigenvalue weighted by Gasteiger charge is 2.28. The fourth-order valence-corrected chi connectivity index (χ4v) is 2.21. The van der Waals surface area contributed by atoms with Gasteiger partial charge in [0.2, 0.25) is 0 Å². The van der Waals surface area contributed by atoms with Crippen LogP contribution in [-0.2, 0) is 14.3 Å². The standard InChI is InChI=1S/C15H16N2O5/c16-7-10-2-1-3-11(6-10)15(20)17-12-8-21-5-4-13(12)22-9-14(18)19/h1-3,6,12-13H,4-5,8-9H2,(H,17,20)(H,18,19)/t12-,13+/m1/s1. The minimum absolute atomic E-state index is 0.258. The maximum atomic E-state index is 12.2. The SMILES string of the molecule is N#Cc1cccc(C(=O)N[C@@H]2COCC[C@@H]2OCC(=O)O)c1. The summed E-state index contributed by atoms with van der Waals surface area (Å²) in [5, 5.41) is 20.3. The Morgan fingerprint density at radius 2 is 2.32 bits per heavy atom. The fraction of sp³-hybridized carbons (Fsp3) is 0.400. The number of nitrogens with one attached hydrogen (secondary N) is 1. The van der Waals surface area contributed by atoms with E-state index in [1.165, 1.54) is 6.07 Å². The van der Waals surface area contributed by atoms with E-state index in [2.05, 4.69) is 5.32 Å². The van der Waals surface area contributed by atoms with E-state index in [1.54, 1.807) is 18.2 Å². The largest absolute Gasteiger partial charge is 0.480 e. The van der Waals surface area contributed by atoms with Crippen LogP contribution >= 0.6 is 0 Å². The van der Waals surface area contributed by atoms with Crippen molar-refractivity contribution in [3.8, 4) is 6.07 Å². The molecule has 1 aliphatic rings. The van der Waals surface area contributed by atoms with Gasteiger partial charge in [0.1, 0.15) is 6.61 Å². The Morgan fingerprint density at radius 3 is 3.05 bits per heavy atom. The molecular weight excluding hydrogens is 288 g/mol. The van der Waals surface area contributed by atoms with E-state index in [0.717, 1.165) is 0 Å². The maximum absolute atomic E-state index is 12.2. The van der Waals surface area contributed by atoms with Crippen LogP contribution in [0.15, 0.2) is 24.3 Å². The second kappa shape index (κ2) is 7.54. The molecule has 7 nitrogen and oxygen atoms in total. The van der Waals surface area contributed by atoms with Crippen LogP contribution in [-0.4, -0.2) is 48.9 Å². The summed E-state index contributed by atoms with van der Waals surface area (Å²) in [6.45, 7) is 0.301. The number of ether oxygens (including phenoxy) is 2. The highest BCUT2D eigenvalue weighted by molar-refractivity contribution is 5.94. The highest BCUT2D eigenvalue weighted by atomic mass is 16.5. The van der Waals surface area contributed by atoms with Crippen molar-refractivity contribution >= 4 is 11.9 Å². The monoisotopic (exact) mass is 304 g/mol. The second-order valence-electron chi connectivity index (χ2n) is 4.88. The van der Waals surface area contributed by atoms with Gasteiger partial charge < -0.3 is 19.9 Å². The molecule has 1 aliphatic heterocycles. The number of hydrogen-bond donors (Lipinski definition) is 2. The Balaban J connectivity index is 2.01. The van der Waals surface area contributed by atoms with Crippen molar-refractivity contribution in [3.05, 3.63) is 35.4 Å². The number of carbonyl (C=O) groups is 2. The first-order valence-corrected chi connectivity index (χ1v) is 6.82. The molecule has 0 aromatic heterocycles. The first kappa shape index (κ1) is 15.9. The second-order valence-corrected chi connectivity index (χ2v) is 4.88. The molecule has 1 heterocycles. The molecule has 2 rings (SSSR count). The molecule has 0 bridgehead atoms. The third-order valence-corrected chi connectivity index (χ3v) is 3.28. The molecular formula is C15H16N2O5. The topological polar surface area (TPSA) is 109 Å². The van der Waals surface area contributed by atoms with Gasteiger partial charge in [-0.1, -0.05) is 6.07 Å². The molecule has 1 aromatic carbocycles. The Morgan fingerprint density at radius 1 is 1.50 bits per heavy atom. The minimum atomic E-state index is -1.06. The number of aliphatic carboxylic acids is 1. The molecule has 1 amide bonds. The summed E-state index contributed by atoms with van der Waals surface area (Å²) in [4.78, 5) is 22.8. The highest BCUT2D eigenvalue weighted by Crippen LogP contribution is 2.13. The van der Waals surface area contributed by atoms with E-state index in [9.17, 15) is 9.59 Å². The lowest BCUT2D eigenvalue weighted by molar-refractivity contribution is -0.147. The van der Waals surface area contributed by atoms with Crippen molar-refractivity contribution in [2.24, 2.45) is 0 Å². The van der Waals surface area contributed by atoms with Crippen molar-refractivity contribution in [3.63, 3.8) is 0 Å². The molecule has 0 spiro atoms. The van der Waals surface area contributed by atoms with Gasteiger partial charge in [-0.2, -0.15) is 5.26 Å². The lowest BCUT2D eigenvalue weighted by Gasteiger charge is -2.31. The van der Waals surface area contributed by atoms with Gasteiger partial charge in [-0.3, -0.25) is 4.79 Å². The average molecular weight is 304 g/mol. The van der Waals surface area contributed by atoms with Gasteiger partial charge in [-0.25, -0.2) is 4.79 Å². The van der Waals surface area contributed by atoms with E-state index >= 15 is 0 Å². The predicted molar refractivity (Wildman–Crippen MR) is 75.2 cm³/mol. The van der Waals surface area contributed by atoms with Gasteiger partial charge in [0.05, 0.1) is 30.4 Å². The molecule has 22 heavy (non-hydrogen) atoms. The van der Waals surface area contributed by atoms with Crippen molar-refractivity contribution in [1.29, 1.82) is 5.26 Å². The van der Waals surface area contributed by atoms with Gasteiger partial charge >= 0.3 is 5.97 Å². The smallest absolute Gasteiger partial charge is 0.329 e. The summed E-state index contributed by atoms with van der Waals surface area (Å²) in [5.74, 6) is -1.41. The number of hydrogen-bond acceptors (Lipinski definition) is 5. The van der Waals surface area contributed by atoms with Gasteiger partial charge in [-0.15, -0.1) is 0 Å². The van der Waals surface area contributed by atoms with Crippen LogP contribution in [0.2, 0.25) is 0 Å². The Bertz CT molecular complexity index is 596. The summed E-state index contributed by atoms with van der Waals surface area (Å²) < 4.78 is 10.6. The van der Waals surface area contributed by atoms with Crippen LogP contribution < -0.4 is 5.32 Å². The maximum Gasteiger partial charge on any atom is 0.329 e. The number of nitrogens with zero attached hydrogens (tertiary/aromatic N) is 1. The molecule has 0 aliphatic carbocycles. The van der Waals surface area contributed by atoms with Gasteiger partial charge in [0.25, 0.3) is 5.91 Å². The Labute approximate surface area is 127 Å². The van der Waals surface area contributed by atoms with Crippen LogP contribution in [0.3, 0.4) is 0 Å². The molecule has 116 valence electrons. The zero-order valence-corrected chi connectivity index (χ0v) is 11.8. The van der Waals surface area contributed by atoms with Gasteiger partial charge in [-0.05, 0) is 24.6 Å². The van der Waals surface area contributed by atoms with Gasteiger partial charge in [0.15, 0.2) is 0 Å². The molecule has 0 saturated carbocycles. The van der Waals surface area contributed by atoms with Crippen LogP contribution in [0, 0.1) is 11.3 Å². The van der Waals surface area contributed by atoms with Crippen LogP contribution in [0.1, 0.15) is 22.3 Å². The third-order valence-electron chi connectivity index (χ3n) is 3.28. The summed E-state index contributed by atoms with van der Waals surface area (Å²) in [7, 11) is 0. The summed E-state index contributed by atoms with van der Waals surface area (Å²) >= 11 is 0. The van der Waals surface area contributed by atoms with E-state index in [0.29, 0.717) is 24.2 Å². The summed E-state index contributed by atoms with van der Waals surface area (Å²) in [6.07, 6.45) is 0.101. The zero-order valence-electron chi connectivity index (χ0n) is 11.8. The fourth-order valence-electron chi connectivity index (χ4n) is 2.21. The lowest BCUT2D eigenvalue weighted by atomic mass is 10.1. The number of benzene rings is 1. The molecule has 2 N–H and O–H groups in total. The van der Waals surface area contributed by atoms with E-state index in [-0.39, 0.29) is 12.5 Å². The average Bonchev–Trinajstić information content (AvgIpc) is 2.54. The van der Waals surface area contributed by atoms with Gasteiger partial charge in [0, 0.05) is 12.2 Å². The summed E-state index contributed by atoms with van der Waals surface area (Å²) in [5.41, 5.74) is 0.757. The predicted octanol–water partition coefficient (Wildman–Crippen LogP) is 0.547. The number of nitriles is 1. The Hall–Kier alpha value is -2.43. The normalized spacial score (nSPS) is 20.9. The lowest BCUT2D eigenvalue weighted by Crippen LogP contribution is -2.51. The molecule has 1 fully saturated rings. The Kier molecular flexibility index (Phi) is 5.47. The summed E-state index contributed by atoms with van der Waals surface area (Å²) in [6, 6.07) is 7.88. The zero-order chi connectivity index (χ0) is 15.9. The number of carboxylic acids is 1. The molecule has 0 radical (unpaired) electrons. The first-order chi connectivity index (χ1) is 10.6. The van der Waals surface area contributed by atoms with E-state index in [1.807, 2.05) is 6.07 Å². The number of amides is 1. The number of carbonyl (C=O) groups excluding carboxylic acids is 1. The molecule has 7 heteroatoms. The minimum Gasteiger partial charge on any atom is -0.480 e. The van der Waals surface area contributed by atoms with E-state index < -0.39 is 24.7 Å². The molecule has 2 atom stereocenters. The van der Waals surface area contributed by atoms with Crippen LogP contribution in [0.4, 0.5) is 0 Å². The van der Waals surface area contributed by atoms with Crippen molar-refractivity contribution in [1.82, 2.24) is 5.32 Å². The molecule has 1 saturated heterocycles. The quantitative estimate of drug-likeness (QED) is 0.822. The van der Waals surface area contributed by atoms with Crippen molar-refractivity contribution in [2.75, 3.05) is 19.8 Å². The van der Waals surface area contributed by atoms with Crippen LogP contribution in [0.5, 0.6) is 0 Å².